The summed E-state index contributed by atoms with van der Waals surface area (Å²) in [5, 5.41) is 11.0. The highest BCUT2D eigenvalue weighted by Gasteiger charge is 2.28. The van der Waals surface area contributed by atoms with E-state index in [0.717, 1.165) is 10.0 Å². The Labute approximate surface area is 173 Å². The van der Waals surface area contributed by atoms with E-state index >= 15 is 0 Å². The quantitative estimate of drug-likeness (QED) is 0.503. The van der Waals surface area contributed by atoms with E-state index in [-0.39, 0.29) is 17.3 Å². The number of carbonyl (C=O) groups excluding carboxylic acids is 1. The summed E-state index contributed by atoms with van der Waals surface area (Å²) in [6.45, 7) is 1.80. The van der Waals surface area contributed by atoms with Crippen LogP contribution < -0.4 is 5.11 Å². The van der Waals surface area contributed by atoms with Crippen LogP contribution in [0.1, 0.15) is 19.8 Å². The Hall–Kier alpha value is -1.94. The molecule has 0 aliphatic rings. The van der Waals surface area contributed by atoms with Crippen LogP contribution >= 0.6 is 23.2 Å². The summed E-state index contributed by atoms with van der Waals surface area (Å²) in [6, 6.07) is 26.6. The van der Waals surface area contributed by atoms with Crippen LogP contribution in [0.4, 0.5) is 0 Å². The minimum Gasteiger partial charge on any atom is -0.550 e. The summed E-state index contributed by atoms with van der Waals surface area (Å²) in [6.07, 6.45) is 0.850. The molecule has 0 atom stereocenters. The van der Waals surface area contributed by atoms with Gasteiger partial charge in [-0.05, 0) is 67.1 Å². The second-order valence-corrected chi connectivity index (χ2v) is 8.55. The van der Waals surface area contributed by atoms with E-state index in [2.05, 4.69) is 48.5 Å². The smallest absolute Gasteiger partial charge is 0.166 e. The van der Waals surface area contributed by atoms with Crippen LogP contribution in [-0.4, -0.2) is 5.97 Å². The third-order valence-electron chi connectivity index (χ3n) is 3.53. The molecule has 0 aliphatic heterocycles. The van der Waals surface area contributed by atoms with Gasteiger partial charge in [0.25, 0.3) is 0 Å². The number of benzene rings is 3. The van der Waals surface area contributed by atoms with Crippen LogP contribution in [-0.2, 0) is 15.7 Å². The standard InChI is InChI=1S/C18H13Cl2S.C4H8O2/c19-14-6-10-17(11-7-14)21(16-4-2-1-3-5-16)18-12-8-15(20)9-13-18;1-2-3-4(5)6/h1-13H;2-3H2,1H3,(H,5,6)/q+1;/p-1. The fraction of sp³-hybridized carbons (Fsp3) is 0.136. The lowest BCUT2D eigenvalue weighted by molar-refractivity contribution is -0.305. The molecule has 0 N–H and O–H groups in total. The van der Waals surface area contributed by atoms with Crippen molar-refractivity contribution < 1.29 is 9.90 Å². The highest BCUT2D eigenvalue weighted by atomic mass is 35.5. The number of rotatable bonds is 5. The molecule has 3 aromatic carbocycles. The Morgan fingerprint density at radius 1 is 0.778 bits per heavy atom. The second-order valence-electron chi connectivity index (χ2n) is 5.65. The maximum absolute atomic E-state index is 9.49. The number of carbonyl (C=O) groups is 1. The zero-order chi connectivity index (χ0) is 19.6. The molecule has 0 radical (unpaired) electrons. The molecule has 3 aromatic rings. The number of hydrogen-bond acceptors (Lipinski definition) is 2. The third kappa shape index (κ3) is 6.94. The largest absolute Gasteiger partial charge is 0.550 e. The molecule has 0 bridgehead atoms. The fourth-order valence-electron chi connectivity index (χ4n) is 2.31. The SMILES string of the molecule is CCCC(=O)[O-].Clc1ccc([S+](c2ccccc2)c2ccc(Cl)cc2)cc1. The lowest BCUT2D eigenvalue weighted by atomic mass is 10.3. The Morgan fingerprint density at radius 2 is 1.19 bits per heavy atom. The Kier molecular flexibility index (Phi) is 8.73. The first-order valence-electron chi connectivity index (χ1n) is 8.51. The van der Waals surface area contributed by atoms with Crippen molar-refractivity contribution in [1.82, 2.24) is 0 Å². The number of carboxylic acid groups (broad SMARTS) is 1. The first-order valence-corrected chi connectivity index (χ1v) is 10.5. The molecule has 0 aliphatic carbocycles. The van der Waals surface area contributed by atoms with Crippen LogP contribution in [0.2, 0.25) is 10.0 Å². The van der Waals surface area contributed by atoms with Crippen molar-refractivity contribution in [2.24, 2.45) is 0 Å². The zero-order valence-electron chi connectivity index (χ0n) is 14.9. The number of carboxylic acids is 1. The number of aliphatic carboxylic acids is 1. The molecule has 0 fully saturated rings. The average Bonchev–Trinajstić information content (AvgIpc) is 2.66. The van der Waals surface area contributed by atoms with Gasteiger partial charge in [0, 0.05) is 16.0 Å². The van der Waals surface area contributed by atoms with Crippen molar-refractivity contribution in [2.75, 3.05) is 0 Å². The van der Waals surface area contributed by atoms with Crippen LogP contribution in [0.15, 0.2) is 93.5 Å². The van der Waals surface area contributed by atoms with Gasteiger partial charge in [-0.15, -0.1) is 0 Å². The normalized spacial score (nSPS) is 10.2. The van der Waals surface area contributed by atoms with E-state index in [1.807, 2.05) is 30.3 Å². The molecule has 0 unspecified atom stereocenters. The number of hydrogen-bond donors (Lipinski definition) is 0. The van der Waals surface area contributed by atoms with Crippen LogP contribution in [0.25, 0.3) is 0 Å². The topological polar surface area (TPSA) is 40.1 Å². The van der Waals surface area contributed by atoms with E-state index < -0.39 is 5.97 Å². The van der Waals surface area contributed by atoms with Crippen molar-refractivity contribution in [3.05, 3.63) is 88.9 Å². The van der Waals surface area contributed by atoms with Crippen LogP contribution in [0, 0.1) is 0 Å². The van der Waals surface area contributed by atoms with Crippen LogP contribution in [0.3, 0.4) is 0 Å². The molecule has 27 heavy (non-hydrogen) atoms. The third-order valence-corrected chi connectivity index (χ3v) is 6.27. The lowest BCUT2D eigenvalue weighted by Crippen LogP contribution is -2.20. The van der Waals surface area contributed by atoms with Gasteiger partial charge in [0.05, 0.1) is 10.9 Å². The van der Waals surface area contributed by atoms with Gasteiger partial charge in [-0.1, -0.05) is 54.7 Å². The van der Waals surface area contributed by atoms with Crippen molar-refractivity contribution >= 4 is 40.1 Å². The predicted molar refractivity (Wildman–Crippen MR) is 111 cm³/mol. The Bertz CT molecular complexity index is 789. The van der Waals surface area contributed by atoms with Crippen molar-refractivity contribution in [3.8, 4) is 0 Å². The summed E-state index contributed by atoms with van der Waals surface area (Å²) >= 11 is 12.0. The fourth-order valence-corrected chi connectivity index (χ4v) is 4.62. The highest BCUT2D eigenvalue weighted by Crippen LogP contribution is 2.32. The lowest BCUT2D eigenvalue weighted by Gasteiger charge is -2.08. The molecule has 0 amide bonds. The van der Waals surface area contributed by atoms with Gasteiger partial charge in [0.1, 0.15) is 0 Å². The van der Waals surface area contributed by atoms with E-state index in [1.54, 1.807) is 6.92 Å². The van der Waals surface area contributed by atoms with Gasteiger partial charge < -0.3 is 9.90 Å². The molecular formula is C22H20Cl2O2S. The summed E-state index contributed by atoms with van der Waals surface area (Å²) in [5.41, 5.74) is 0. The van der Waals surface area contributed by atoms with Crippen molar-refractivity contribution in [3.63, 3.8) is 0 Å². The maximum Gasteiger partial charge on any atom is 0.166 e. The first-order chi connectivity index (χ1) is 13.0. The molecular weight excluding hydrogens is 399 g/mol. The van der Waals surface area contributed by atoms with E-state index in [1.165, 1.54) is 14.7 Å². The summed E-state index contributed by atoms with van der Waals surface area (Å²) in [7, 11) is -0.148. The average molecular weight is 419 g/mol. The molecule has 0 saturated carbocycles. The van der Waals surface area contributed by atoms with Crippen molar-refractivity contribution in [2.45, 2.75) is 34.5 Å². The second kappa shape index (κ2) is 11.0. The van der Waals surface area contributed by atoms with E-state index in [0.29, 0.717) is 6.42 Å². The molecule has 2 nitrogen and oxygen atoms in total. The number of halogens is 2. The van der Waals surface area contributed by atoms with Crippen LogP contribution in [0.5, 0.6) is 0 Å². The van der Waals surface area contributed by atoms with Gasteiger partial charge in [0.15, 0.2) is 14.7 Å². The maximum atomic E-state index is 9.49. The van der Waals surface area contributed by atoms with Crippen molar-refractivity contribution in [1.29, 1.82) is 0 Å². The summed E-state index contributed by atoms with van der Waals surface area (Å²) < 4.78 is 0. The first kappa shape index (κ1) is 21.4. The van der Waals surface area contributed by atoms with Gasteiger partial charge in [-0.3, -0.25) is 0 Å². The Morgan fingerprint density at radius 3 is 1.52 bits per heavy atom. The molecule has 140 valence electrons. The van der Waals surface area contributed by atoms with E-state index in [4.69, 9.17) is 23.2 Å². The van der Waals surface area contributed by atoms with E-state index in [9.17, 15) is 9.90 Å². The monoisotopic (exact) mass is 418 g/mol. The van der Waals surface area contributed by atoms with Gasteiger partial charge in [-0.25, -0.2) is 0 Å². The summed E-state index contributed by atoms with van der Waals surface area (Å²) in [4.78, 5) is 13.3. The molecule has 0 spiro atoms. The molecule has 0 heterocycles. The van der Waals surface area contributed by atoms with Gasteiger partial charge in [0.2, 0.25) is 0 Å². The molecule has 3 rings (SSSR count). The molecule has 0 saturated heterocycles. The zero-order valence-corrected chi connectivity index (χ0v) is 17.2. The Balaban J connectivity index is 0.000000380. The summed E-state index contributed by atoms with van der Waals surface area (Å²) in [5.74, 6) is -0.961. The molecule has 5 heteroatoms. The molecule has 0 aromatic heterocycles. The minimum atomic E-state index is -0.961. The van der Waals surface area contributed by atoms with Gasteiger partial charge in [-0.2, -0.15) is 0 Å². The highest BCUT2D eigenvalue weighted by molar-refractivity contribution is 7.97. The predicted octanol–water partition coefficient (Wildman–Crippen LogP) is 5.63. The van der Waals surface area contributed by atoms with Gasteiger partial charge >= 0.3 is 0 Å². The minimum absolute atomic E-state index is 0.148.